The van der Waals surface area contributed by atoms with Gasteiger partial charge in [0.2, 0.25) is 0 Å². The second-order valence-electron chi connectivity index (χ2n) is 6.99. The Morgan fingerprint density at radius 3 is 2.77 bits per heavy atom. The zero-order valence-corrected chi connectivity index (χ0v) is 17.4. The molecule has 0 bridgehead atoms. The van der Waals surface area contributed by atoms with Crippen molar-refractivity contribution in [1.29, 1.82) is 0 Å². The van der Waals surface area contributed by atoms with Crippen LogP contribution in [0.2, 0.25) is 0 Å². The second-order valence-corrected chi connectivity index (χ2v) is 6.99. The topological polar surface area (TPSA) is 58.8 Å². The Bertz CT molecular complexity index is 739. The maximum atomic E-state index is 6.43. The molecule has 0 radical (unpaired) electrons. The van der Waals surface area contributed by atoms with Crippen LogP contribution in [0.3, 0.4) is 0 Å². The maximum absolute atomic E-state index is 6.43. The molecule has 1 aromatic carbocycles. The Balaban J connectivity index is 0.00000196. The second kappa shape index (κ2) is 8.33. The van der Waals surface area contributed by atoms with E-state index in [4.69, 9.17) is 9.15 Å². The van der Waals surface area contributed by atoms with Crippen molar-refractivity contribution < 1.29 is 9.15 Å². The van der Waals surface area contributed by atoms with E-state index in [1.54, 1.807) is 19.6 Å². The number of hydrogen-bond acceptors (Lipinski definition) is 3. The minimum absolute atomic E-state index is 0. The zero-order chi connectivity index (χ0) is 17.1. The summed E-state index contributed by atoms with van der Waals surface area (Å²) >= 11 is 0. The number of fused-ring (bicyclic) bond motifs is 1. The fraction of sp³-hybridized carbons (Fsp3) is 0.450. The number of nitrogens with one attached hydrogen (secondary N) is 2. The Morgan fingerprint density at radius 1 is 1.23 bits per heavy atom. The standard InChI is InChI=1S/C20H25N3O2.HI/c1-21-19(22-13-15-8-11-24-14-15)23-17-12-20(9-4-5-10-20)25-18-7-3-2-6-16(17)18;/h2-3,6-8,11,14,17H,4-5,9-10,12-13H2,1H3,(H2,21,22,23);1H. The van der Waals surface area contributed by atoms with E-state index in [0.717, 1.165) is 36.5 Å². The van der Waals surface area contributed by atoms with Crippen molar-refractivity contribution in [2.75, 3.05) is 7.05 Å². The van der Waals surface area contributed by atoms with Gasteiger partial charge in [-0.25, -0.2) is 0 Å². The molecular formula is C20H26IN3O2. The third-order valence-corrected chi connectivity index (χ3v) is 5.29. The average Bonchev–Trinajstić information content (AvgIpc) is 3.31. The van der Waals surface area contributed by atoms with Crippen LogP contribution in [0.25, 0.3) is 0 Å². The lowest BCUT2D eigenvalue weighted by Gasteiger charge is -2.40. The van der Waals surface area contributed by atoms with Crippen LogP contribution in [-0.4, -0.2) is 18.6 Å². The lowest BCUT2D eigenvalue weighted by Crippen LogP contribution is -2.46. The van der Waals surface area contributed by atoms with Gasteiger partial charge in [-0.1, -0.05) is 18.2 Å². The highest BCUT2D eigenvalue weighted by atomic mass is 127. The number of benzene rings is 1. The quantitative estimate of drug-likeness (QED) is 0.399. The summed E-state index contributed by atoms with van der Waals surface area (Å²) in [7, 11) is 1.81. The smallest absolute Gasteiger partial charge is 0.191 e. The molecule has 1 aliphatic heterocycles. The molecule has 1 unspecified atom stereocenters. The van der Waals surface area contributed by atoms with E-state index < -0.39 is 0 Å². The van der Waals surface area contributed by atoms with Gasteiger partial charge in [0, 0.05) is 31.1 Å². The number of ether oxygens (including phenoxy) is 1. The van der Waals surface area contributed by atoms with Gasteiger partial charge >= 0.3 is 0 Å². The Labute approximate surface area is 171 Å². The summed E-state index contributed by atoms with van der Waals surface area (Å²) in [5.41, 5.74) is 2.30. The van der Waals surface area contributed by atoms with Crippen molar-refractivity contribution in [3.8, 4) is 5.75 Å². The number of rotatable bonds is 3. The van der Waals surface area contributed by atoms with Crippen molar-refractivity contribution >= 4 is 29.9 Å². The number of hydrogen-bond donors (Lipinski definition) is 2. The highest BCUT2D eigenvalue weighted by molar-refractivity contribution is 14.0. The Kier molecular flexibility index (Phi) is 6.11. The van der Waals surface area contributed by atoms with Gasteiger partial charge in [0.25, 0.3) is 0 Å². The van der Waals surface area contributed by atoms with Gasteiger partial charge in [0.1, 0.15) is 11.4 Å². The molecule has 2 aliphatic rings. The average molecular weight is 467 g/mol. The monoisotopic (exact) mass is 467 g/mol. The lowest BCUT2D eigenvalue weighted by atomic mass is 9.86. The van der Waals surface area contributed by atoms with Gasteiger partial charge in [-0.05, 0) is 37.8 Å². The molecule has 1 saturated carbocycles. The van der Waals surface area contributed by atoms with Crippen molar-refractivity contribution in [3.63, 3.8) is 0 Å². The zero-order valence-electron chi connectivity index (χ0n) is 15.0. The molecule has 1 spiro atoms. The fourth-order valence-corrected chi connectivity index (χ4v) is 4.01. The molecule has 2 N–H and O–H groups in total. The first-order valence-corrected chi connectivity index (χ1v) is 9.04. The first kappa shape index (κ1) is 19.1. The van der Waals surface area contributed by atoms with E-state index >= 15 is 0 Å². The van der Waals surface area contributed by atoms with E-state index in [1.165, 1.54) is 18.4 Å². The molecule has 5 nitrogen and oxygen atoms in total. The van der Waals surface area contributed by atoms with Crippen LogP contribution in [-0.2, 0) is 6.54 Å². The van der Waals surface area contributed by atoms with Gasteiger partial charge in [0.15, 0.2) is 5.96 Å². The molecule has 2 aromatic rings. The molecule has 0 saturated heterocycles. The van der Waals surface area contributed by atoms with E-state index in [9.17, 15) is 0 Å². The summed E-state index contributed by atoms with van der Waals surface area (Å²) in [4.78, 5) is 4.39. The third-order valence-electron chi connectivity index (χ3n) is 5.29. The van der Waals surface area contributed by atoms with Crippen LogP contribution in [0.4, 0.5) is 0 Å². The number of para-hydroxylation sites is 1. The number of nitrogens with zero attached hydrogens (tertiary/aromatic N) is 1. The largest absolute Gasteiger partial charge is 0.487 e. The molecule has 1 fully saturated rings. The third kappa shape index (κ3) is 4.00. The number of halogens is 1. The van der Waals surface area contributed by atoms with Gasteiger partial charge in [0.05, 0.1) is 18.6 Å². The predicted octanol–water partition coefficient (Wildman–Crippen LogP) is 4.40. The summed E-state index contributed by atoms with van der Waals surface area (Å²) in [6, 6.07) is 10.5. The minimum atomic E-state index is -0.0184. The van der Waals surface area contributed by atoms with Gasteiger partial charge in [-0.2, -0.15) is 0 Å². The van der Waals surface area contributed by atoms with Gasteiger partial charge < -0.3 is 19.8 Å². The molecule has 2 heterocycles. The summed E-state index contributed by atoms with van der Waals surface area (Å²) in [6.45, 7) is 0.687. The molecule has 1 aliphatic carbocycles. The van der Waals surface area contributed by atoms with Crippen LogP contribution >= 0.6 is 24.0 Å². The first-order chi connectivity index (χ1) is 12.3. The molecule has 1 aromatic heterocycles. The molecule has 4 rings (SSSR count). The van der Waals surface area contributed by atoms with Gasteiger partial charge in [-0.3, -0.25) is 4.99 Å². The molecule has 26 heavy (non-hydrogen) atoms. The summed E-state index contributed by atoms with van der Waals surface area (Å²) in [5.74, 6) is 1.81. The van der Waals surface area contributed by atoms with E-state index in [2.05, 4.69) is 39.9 Å². The van der Waals surface area contributed by atoms with Crippen molar-refractivity contribution in [3.05, 3.63) is 54.0 Å². The Morgan fingerprint density at radius 2 is 2.04 bits per heavy atom. The number of furan rings is 1. The minimum Gasteiger partial charge on any atom is -0.487 e. The van der Waals surface area contributed by atoms with E-state index in [1.807, 2.05) is 6.07 Å². The van der Waals surface area contributed by atoms with E-state index in [0.29, 0.717) is 6.54 Å². The first-order valence-electron chi connectivity index (χ1n) is 9.04. The van der Waals surface area contributed by atoms with Crippen LogP contribution in [0.1, 0.15) is 49.3 Å². The highest BCUT2D eigenvalue weighted by Crippen LogP contribution is 2.46. The summed E-state index contributed by atoms with van der Waals surface area (Å²) in [6.07, 6.45) is 9.20. The molecule has 140 valence electrons. The van der Waals surface area contributed by atoms with E-state index in [-0.39, 0.29) is 35.6 Å². The van der Waals surface area contributed by atoms with Crippen molar-refractivity contribution in [1.82, 2.24) is 10.6 Å². The van der Waals surface area contributed by atoms with Crippen molar-refractivity contribution in [2.45, 2.75) is 50.3 Å². The number of aliphatic imine (C=N–C) groups is 1. The highest BCUT2D eigenvalue weighted by Gasteiger charge is 2.43. The summed E-state index contributed by atoms with van der Waals surface area (Å²) in [5, 5.41) is 6.97. The fourth-order valence-electron chi connectivity index (χ4n) is 4.01. The van der Waals surface area contributed by atoms with Crippen LogP contribution in [0, 0.1) is 0 Å². The Hall–Kier alpha value is -1.70. The molecular weight excluding hydrogens is 441 g/mol. The number of guanidine groups is 1. The molecule has 6 heteroatoms. The maximum Gasteiger partial charge on any atom is 0.191 e. The molecule has 1 atom stereocenters. The molecule has 0 amide bonds. The van der Waals surface area contributed by atoms with Gasteiger partial charge in [-0.15, -0.1) is 24.0 Å². The van der Waals surface area contributed by atoms with Crippen LogP contribution < -0.4 is 15.4 Å². The lowest BCUT2D eigenvalue weighted by molar-refractivity contribution is 0.0396. The van der Waals surface area contributed by atoms with Crippen LogP contribution in [0.15, 0.2) is 52.3 Å². The predicted molar refractivity (Wildman–Crippen MR) is 113 cm³/mol. The summed E-state index contributed by atoms with van der Waals surface area (Å²) < 4.78 is 11.6. The van der Waals surface area contributed by atoms with Crippen molar-refractivity contribution in [2.24, 2.45) is 4.99 Å². The normalized spacial score (nSPS) is 20.8. The SMILES string of the molecule is CN=C(NCc1ccoc1)NC1CC2(CCCC2)Oc2ccccc21.I. The van der Waals surface area contributed by atoms with Crippen LogP contribution in [0.5, 0.6) is 5.75 Å².